The number of hydrogen-bond acceptors (Lipinski definition) is 4. The summed E-state index contributed by atoms with van der Waals surface area (Å²) >= 11 is 12.2. The molecule has 6 nitrogen and oxygen atoms in total. The van der Waals surface area contributed by atoms with Gasteiger partial charge < -0.3 is 10.2 Å². The van der Waals surface area contributed by atoms with Gasteiger partial charge in [0.2, 0.25) is 15.9 Å². The summed E-state index contributed by atoms with van der Waals surface area (Å²) in [6.45, 7) is 3.57. The van der Waals surface area contributed by atoms with Crippen molar-refractivity contribution >= 4 is 44.8 Å². The van der Waals surface area contributed by atoms with Gasteiger partial charge in [-0.2, -0.15) is 0 Å². The van der Waals surface area contributed by atoms with Crippen molar-refractivity contribution < 1.29 is 13.2 Å². The number of piperidine rings is 1. The summed E-state index contributed by atoms with van der Waals surface area (Å²) in [5.41, 5.74) is 0.215. The van der Waals surface area contributed by atoms with Crippen LogP contribution in [0.25, 0.3) is 0 Å². The number of anilines is 1. The summed E-state index contributed by atoms with van der Waals surface area (Å²) < 4.78 is 26.0. The van der Waals surface area contributed by atoms with Crippen molar-refractivity contribution in [1.82, 2.24) is 10.2 Å². The predicted octanol–water partition coefficient (Wildman–Crippen LogP) is 2.75. The molecule has 0 aromatic heterocycles. The van der Waals surface area contributed by atoms with Gasteiger partial charge in [0.1, 0.15) is 6.04 Å². The minimum absolute atomic E-state index is 0.0454. The molecule has 146 valence electrons. The zero-order chi connectivity index (χ0) is 19.5. The Kier molecular flexibility index (Phi) is 7.19. The molecular weight excluding hydrogens is 397 g/mol. The van der Waals surface area contributed by atoms with Gasteiger partial charge in [-0.1, -0.05) is 30.1 Å². The molecule has 1 aliphatic heterocycles. The number of carbonyl (C=O) groups is 1. The number of sulfonamides is 1. The van der Waals surface area contributed by atoms with Crippen LogP contribution in [-0.4, -0.2) is 57.7 Å². The van der Waals surface area contributed by atoms with Crippen molar-refractivity contribution in [1.29, 1.82) is 0 Å². The molecule has 0 bridgehead atoms. The molecule has 1 unspecified atom stereocenters. The van der Waals surface area contributed by atoms with Crippen LogP contribution in [0.5, 0.6) is 0 Å². The van der Waals surface area contributed by atoms with Gasteiger partial charge in [0.15, 0.2) is 0 Å². The first-order chi connectivity index (χ1) is 12.1. The Hall–Kier alpha value is -1.02. The number of carbonyl (C=O) groups excluding carboxylic acids is 1. The average Bonchev–Trinajstić information content (AvgIpc) is 2.56. The van der Waals surface area contributed by atoms with E-state index >= 15 is 0 Å². The Balaban J connectivity index is 2.30. The van der Waals surface area contributed by atoms with Gasteiger partial charge in [-0.15, -0.1) is 0 Å². The van der Waals surface area contributed by atoms with Crippen LogP contribution in [0, 0.1) is 0 Å². The zero-order valence-electron chi connectivity index (χ0n) is 15.2. The van der Waals surface area contributed by atoms with Gasteiger partial charge in [0.25, 0.3) is 0 Å². The van der Waals surface area contributed by atoms with Crippen molar-refractivity contribution in [2.75, 3.05) is 30.7 Å². The Bertz CT molecular complexity index is 750. The number of rotatable bonds is 6. The first kappa shape index (κ1) is 21.3. The molecule has 1 aromatic carbocycles. The fraction of sp³-hybridized carbons (Fsp3) is 0.588. The number of halogens is 2. The number of nitrogens with zero attached hydrogens (tertiary/aromatic N) is 2. The van der Waals surface area contributed by atoms with Crippen LogP contribution in [0.1, 0.15) is 26.2 Å². The quantitative estimate of drug-likeness (QED) is 0.766. The molecule has 1 fully saturated rings. The number of amides is 1. The van der Waals surface area contributed by atoms with Gasteiger partial charge in [-0.3, -0.25) is 9.10 Å². The van der Waals surface area contributed by atoms with Crippen LogP contribution in [0.15, 0.2) is 18.2 Å². The first-order valence-corrected chi connectivity index (χ1v) is 11.2. The van der Waals surface area contributed by atoms with Gasteiger partial charge in [-0.25, -0.2) is 8.42 Å². The van der Waals surface area contributed by atoms with Gasteiger partial charge in [0, 0.05) is 11.1 Å². The molecule has 0 spiro atoms. The fourth-order valence-corrected chi connectivity index (χ4v) is 4.78. The van der Waals surface area contributed by atoms with Crippen molar-refractivity contribution in [2.45, 2.75) is 38.3 Å². The SMILES string of the molecule is CCC(C(=O)NC1CCN(C)CC1)N(c1cc(Cl)ccc1Cl)S(C)(=O)=O. The average molecular weight is 422 g/mol. The van der Waals surface area contributed by atoms with Crippen LogP contribution in [0.3, 0.4) is 0 Å². The lowest BCUT2D eigenvalue weighted by Crippen LogP contribution is -2.53. The van der Waals surface area contributed by atoms with E-state index in [-0.39, 0.29) is 22.7 Å². The van der Waals surface area contributed by atoms with Crippen molar-refractivity contribution in [3.05, 3.63) is 28.2 Å². The van der Waals surface area contributed by atoms with Crippen LogP contribution >= 0.6 is 23.2 Å². The second kappa shape index (κ2) is 8.78. The molecule has 1 heterocycles. The van der Waals surface area contributed by atoms with Crippen LogP contribution < -0.4 is 9.62 Å². The minimum Gasteiger partial charge on any atom is -0.351 e. The number of nitrogens with one attached hydrogen (secondary N) is 1. The lowest BCUT2D eigenvalue weighted by molar-refractivity contribution is -0.123. The third kappa shape index (κ3) is 5.25. The highest BCUT2D eigenvalue weighted by Gasteiger charge is 2.34. The largest absolute Gasteiger partial charge is 0.351 e. The molecule has 1 aliphatic rings. The number of hydrogen-bond donors (Lipinski definition) is 1. The molecule has 1 atom stereocenters. The Morgan fingerprint density at radius 1 is 1.35 bits per heavy atom. The summed E-state index contributed by atoms with van der Waals surface area (Å²) in [6, 6.07) is 3.73. The molecule has 1 amide bonds. The van der Waals surface area contributed by atoms with Crippen LogP contribution in [0.2, 0.25) is 10.0 Å². The molecule has 1 saturated heterocycles. The Labute approximate surface area is 165 Å². The summed E-state index contributed by atoms with van der Waals surface area (Å²) in [7, 11) is -1.70. The van der Waals surface area contributed by atoms with Crippen LogP contribution in [-0.2, 0) is 14.8 Å². The molecule has 9 heteroatoms. The van der Waals surface area contributed by atoms with Crippen molar-refractivity contribution in [3.63, 3.8) is 0 Å². The molecular formula is C17H25Cl2N3O3S. The third-order valence-corrected chi connectivity index (χ3v) is 6.26. The van der Waals surface area contributed by atoms with Gasteiger partial charge in [-0.05, 0) is 57.6 Å². The highest BCUT2D eigenvalue weighted by molar-refractivity contribution is 7.92. The summed E-state index contributed by atoms with van der Waals surface area (Å²) in [5, 5.41) is 3.58. The van der Waals surface area contributed by atoms with Crippen LogP contribution in [0.4, 0.5) is 5.69 Å². The van der Waals surface area contributed by atoms with Gasteiger partial charge >= 0.3 is 0 Å². The van der Waals surface area contributed by atoms with Crippen molar-refractivity contribution in [3.8, 4) is 0 Å². The summed E-state index contributed by atoms with van der Waals surface area (Å²) in [6.07, 6.45) is 3.06. The first-order valence-electron chi connectivity index (χ1n) is 8.56. The lowest BCUT2D eigenvalue weighted by Gasteiger charge is -2.34. The maximum atomic E-state index is 12.9. The molecule has 1 N–H and O–H groups in total. The normalized spacial score (nSPS) is 17.7. The summed E-state index contributed by atoms with van der Waals surface area (Å²) in [4.78, 5) is 15.1. The van der Waals surface area contributed by atoms with E-state index in [0.29, 0.717) is 11.4 Å². The van der Waals surface area contributed by atoms with E-state index in [9.17, 15) is 13.2 Å². The van der Waals surface area contributed by atoms with Gasteiger partial charge in [0.05, 0.1) is 17.0 Å². The second-order valence-electron chi connectivity index (χ2n) is 6.66. The number of likely N-dealkylation sites (tertiary alicyclic amines) is 1. The third-order valence-electron chi connectivity index (χ3n) is 4.54. The van der Waals surface area contributed by atoms with E-state index in [1.165, 1.54) is 12.1 Å². The van der Waals surface area contributed by atoms with E-state index in [0.717, 1.165) is 36.5 Å². The van der Waals surface area contributed by atoms with E-state index in [1.807, 2.05) is 7.05 Å². The maximum Gasteiger partial charge on any atom is 0.244 e. The zero-order valence-corrected chi connectivity index (χ0v) is 17.5. The standard InChI is InChI=1S/C17H25Cl2N3O3S/c1-4-15(17(23)20-13-7-9-21(2)10-8-13)22(26(3,24)25)16-11-12(18)5-6-14(16)19/h5-6,11,13,15H,4,7-10H2,1-3H3,(H,20,23). The molecule has 26 heavy (non-hydrogen) atoms. The molecule has 0 aliphatic carbocycles. The fourth-order valence-electron chi connectivity index (χ4n) is 3.14. The molecule has 0 saturated carbocycles. The van der Waals surface area contributed by atoms with E-state index in [1.54, 1.807) is 13.0 Å². The summed E-state index contributed by atoms with van der Waals surface area (Å²) in [5.74, 6) is -0.316. The number of benzene rings is 1. The Morgan fingerprint density at radius 2 is 1.96 bits per heavy atom. The molecule has 0 radical (unpaired) electrons. The highest BCUT2D eigenvalue weighted by Crippen LogP contribution is 2.33. The highest BCUT2D eigenvalue weighted by atomic mass is 35.5. The Morgan fingerprint density at radius 3 is 2.50 bits per heavy atom. The molecule has 1 aromatic rings. The van der Waals surface area contributed by atoms with E-state index in [2.05, 4.69) is 10.2 Å². The topological polar surface area (TPSA) is 69.7 Å². The van der Waals surface area contributed by atoms with Crippen molar-refractivity contribution in [2.24, 2.45) is 0 Å². The molecule has 2 rings (SSSR count). The minimum atomic E-state index is -3.74. The lowest BCUT2D eigenvalue weighted by atomic mass is 10.0. The monoisotopic (exact) mass is 421 g/mol. The van der Waals surface area contributed by atoms with E-state index < -0.39 is 16.1 Å². The van der Waals surface area contributed by atoms with E-state index in [4.69, 9.17) is 23.2 Å². The predicted molar refractivity (Wildman–Crippen MR) is 107 cm³/mol. The second-order valence-corrected chi connectivity index (χ2v) is 9.37. The smallest absolute Gasteiger partial charge is 0.244 e. The maximum absolute atomic E-state index is 12.9.